The van der Waals surface area contributed by atoms with E-state index < -0.39 is 0 Å². The lowest BCUT2D eigenvalue weighted by Gasteiger charge is -2.33. The van der Waals surface area contributed by atoms with Crippen molar-refractivity contribution in [2.24, 2.45) is 0 Å². The third-order valence-electron chi connectivity index (χ3n) is 5.20. The van der Waals surface area contributed by atoms with Gasteiger partial charge in [-0.05, 0) is 32.0 Å². The minimum absolute atomic E-state index is 0.383. The Morgan fingerprint density at radius 3 is 3.00 bits per heavy atom. The van der Waals surface area contributed by atoms with E-state index in [-0.39, 0.29) is 5.63 Å². The first-order chi connectivity index (χ1) is 13.6. The maximum atomic E-state index is 12.7. The quantitative estimate of drug-likeness (QED) is 0.543. The highest BCUT2D eigenvalue weighted by Crippen LogP contribution is 2.25. The number of aromatic nitrogens is 3. The molecule has 1 aromatic carbocycles. The molecule has 1 saturated heterocycles. The minimum Gasteiger partial charge on any atom is -0.422 e. The lowest BCUT2D eigenvalue weighted by atomic mass is 10.1. The maximum absolute atomic E-state index is 12.7. The molecule has 1 fully saturated rings. The summed E-state index contributed by atoms with van der Waals surface area (Å²) in [7, 11) is 0. The van der Waals surface area contributed by atoms with Crippen molar-refractivity contribution in [1.29, 1.82) is 0 Å². The zero-order valence-electron chi connectivity index (χ0n) is 15.8. The first-order valence-corrected chi connectivity index (χ1v) is 9.45. The van der Waals surface area contributed by atoms with Crippen molar-refractivity contribution >= 4 is 22.3 Å². The molecule has 1 atom stereocenters. The smallest absolute Gasteiger partial charge is 0.345 e. The molecular weight excluding hydrogens is 354 g/mol. The fraction of sp³-hybridized carbons (Fsp3) is 0.286. The molecule has 0 amide bonds. The second kappa shape index (κ2) is 6.45. The Balaban J connectivity index is 1.56. The van der Waals surface area contributed by atoms with Crippen LogP contribution in [0.4, 0.5) is 5.69 Å². The van der Waals surface area contributed by atoms with Crippen LogP contribution in [0.1, 0.15) is 12.6 Å². The molecule has 7 heteroatoms. The summed E-state index contributed by atoms with van der Waals surface area (Å²) in [6, 6.07) is 8.34. The van der Waals surface area contributed by atoms with Crippen molar-refractivity contribution in [3.8, 4) is 11.3 Å². The van der Waals surface area contributed by atoms with E-state index in [1.165, 1.54) is 0 Å². The Morgan fingerprint density at radius 1 is 1.25 bits per heavy atom. The molecule has 1 aliphatic heterocycles. The van der Waals surface area contributed by atoms with Crippen LogP contribution in [0.25, 0.3) is 27.9 Å². The normalized spacial score (nSPS) is 17.5. The van der Waals surface area contributed by atoms with Gasteiger partial charge in [-0.1, -0.05) is 0 Å². The molecule has 5 rings (SSSR count). The Bertz CT molecular complexity index is 1240. The molecule has 4 aromatic rings. The summed E-state index contributed by atoms with van der Waals surface area (Å²) in [6.07, 6.45) is 5.41. The molecular formula is C21H21N5O2. The van der Waals surface area contributed by atoms with Crippen molar-refractivity contribution in [1.82, 2.24) is 19.7 Å². The number of hydrogen-bond acceptors (Lipinski definition) is 6. The van der Waals surface area contributed by atoms with E-state index in [1.54, 1.807) is 6.20 Å². The molecule has 0 aliphatic carbocycles. The van der Waals surface area contributed by atoms with Crippen LogP contribution in [0.5, 0.6) is 0 Å². The van der Waals surface area contributed by atoms with Gasteiger partial charge >= 0.3 is 5.63 Å². The lowest BCUT2D eigenvalue weighted by Crippen LogP contribution is -2.49. The summed E-state index contributed by atoms with van der Waals surface area (Å²) in [5, 5.41) is 4.32. The number of piperazine rings is 1. The van der Waals surface area contributed by atoms with Gasteiger partial charge in [-0.15, -0.1) is 0 Å². The molecule has 142 valence electrons. The van der Waals surface area contributed by atoms with Crippen molar-refractivity contribution in [3.05, 3.63) is 59.0 Å². The Hall–Kier alpha value is -3.19. The monoisotopic (exact) mass is 375 g/mol. The van der Waals surface area contributed by atoms with Crippen LogP contribution in [-0.4, -0.2) is 40.0 Å². The highest BCUT2D eigenvalue weighted by molar-refractivity contribution is 5.84. The van der Waals surface area contributed by atoms with Crippen LogP contribution in [-0.2, 0) is 0 Å². The van der Waals surface area contributed by atoms with E-state index in [9.17, 15) is 4.79 Å². The minimum atomic E-state index is -0.383. The average molecular weight is 375 g/mol. The van der Waals surface area contributed by atoms with Crippen molar-refractivity contribution < 1.29 is 4.42 Å². The fourth-order valence-corrected chi connectivity index (χ4v) is 3.77. The molecule has 0 bridgehead atoms. The third kappa shape index (κ3) is 2.93. The number of imidazole rings is 1. The predicted octanol–water partition coefficient (Wildman–Crippen LogP) is 2.61. The standard InChI is InChI=1S/C21H21N5O2/c1-13-10-25(6-5-22-13)16-4-3-15-7-17(21(27)28-19(15)8-16)18-12-26-11-14(2)23-9-20(26)24-18/h3-4,7-9,11-13,22H,5-6,10H2,1-2H3/t13-/m1/s1. The lowest BCUT2D eigenvalue weighted by molar-refractivity contribution is 0.484. The van der Waals surface area contributed by atoms with Gasteiger partial charge in [0.1, 0.15) is 5.58 Å². The molecule has 0 spiro atoms. The summed E-state index contributed by atoms with van der Waals surface area (Å²) in [5.41, 5.74) is 3.91. The Morgan fingerprint density at radius 2 is 2.14 bits per heavy atom. The van der Waals surface area contributed by atoms with E-state index in [1.807, 2.05) is 41.9 Å². The average Bonchev–Trinajstić information content (AvgIpc) is 3.10. The second-order valence-corrected chi connectivity index (χ2v) is 7.39. The van der Waals surface area contributed by atoms with Crippen LogP contribution in [0, 0.1) is 6.92 Å². The molecule has 28 heavy (non-hydrogen) atoms. The van der Waals surface area contributed by atoms with E-state index in [2.05, 4.69) is 33.2 Å². The molecule has 3 aromatic heterocycles. The summed E-state index contributed by atoms with van der Waals surface area (Å²) in [4.78, 5) is 23.7. The van der Waals surface area contributed by atoms with Gasteiger partial charge in [0.05, 0.1) is 23.1 Å². The summed E-state index contributed by atoms with van der Waals surface area (Å²) in [5.74, 6) is 0. The summed E-state index contributed by atoms with van der Waals surface area (Å²) in [6.45, 7) is 6.91. The number of benzene rings is 1. The number of hydrogen-bond donors (Lipinski definition) is 1. The summed E-state index contributed by atoms with van der Waals surface area (Å²) < 4.78 is 7.53. The number of fused-ring (bicyclic) bond motifs is 2. The van der Waals surface area contributed by atoms with Crippen LogP contribution in [0.2, 0.25) is 0 Å². The largest absolute Gasteiger partial charge is 0.422 e. The van der Waals surface area contributed by atoms with E-state index in [4.69, 9.17) is 4.42 Å². The second-order valence-electron chi connectivity index (χ2n) is 7.39. The SMILES string of the molecule is Cc1cn2cc(-c3cc4ccc(N5CCN[C@H](C)C5)cc4oc3=O)nc2cn1. The van der Waals surface area contributed by atoms with Crippen LogP contribution in [0.15, 0.2) is 52.1 Å². The van der Waals surface area contributed by atoms with E-state index in [0.29, 0.717) is 28.5 Å². The van der Waals surface area contributed by atoms with Gasteiger partial charge < -0.3 is 19.0 Å². The molecule has 1 N–H and O–H groups in total. The summed E-state index contributed by atoms with van der Waals surface area (Å²) >= 11 is 0. The number of aryl methyl sites for hydroxylation is 1. The van der Waals surface area contributed by atoms with Crippen LogP contribution in [0.3, 0.4) is 0 Å². The predicted molar refractivity (Wildman–Crippen MR) is 109 cm³/mol. The zero-order valence-corrected chi connectivity index (χ0v) is 15.8. The molecule has 0 unspecified atom stereocenters. The van der Waals surface area contributed by atoms with Crippen molar-refractivity contribution in [2.75, 3.05) is 24.5 Å². The fourth-order valence-electron chi connectivity index (χ4n) is 3.77. The third-order valence-corrected chi connectivity index (χ3v) is 5.20. The van der Waals surface area contributed by atoms with Gasteiger partial charge in [0.25, 0.3) is 0 Å². The van der Waals surface area contributed by atoms with Gasteiger partial charge in [0.2, 0.25) is 0 Å². The van der Waals surface area contributed by atoms with Gasteiger partial charge in [0, 0.05) is 55.2 Å². The van der Waals surface area contributed by atoms with Crippen molar-refractivity contribution in [2.45, 2.75) is 19.9 Å². The van der Waals surface area contributed by atoms with Crippen LogP contribution < -0.4 is 15.8 Å². The Labute approximate surface area is 161 Å². The van der Waals surface area contributed by atoms with Gasteiger partial charge in [-0.2, -0.15) is 0 Å². The molecule has 7 nitrogen and oxygen atoms in total. The number of nitrogens with one attached hydrogen (secondary N) is 1. The van der Waals surface area contributed by atoms with E-state index >= 15 is 0 Å². The molecule has 0 saturated carbocycles. The Kier molecular flexibility index (Phi) is 3.91. The number of nitrogens with zero attached hydrogens (tertiary/aromatic N) is 4. The zero-order chi connectivity index (χ0) is 19.3. The van der Waals surface area contributed by atoms with Crippen molar-refractivity contribution in [3.63, 3.8) is 0 Å². The molecule has 0 radical (unpaired) electrons. The maximum Gasteiger partial charge on any atom is 0.345 e. The first kappa shape index (κ1) is 16.9. The molecule has 1 aliphatic rings. The highest BCUT2D eigenvalue weighted by Gasteiger charge is 2.17. The number of rotatable bonds is 2. The van der Waals surface area contributed by atoms with Crippen LogP contribution >= 0.6 is 0 Å². The first-order valence-electron chi connectivity index (χ1n) is 9.45. The van der Waals surface area contributed by atoms with Gasteiger partial charge in [-0.25, -0.2) is 9.78 Å². The number of anilines is 1. The highest BCUT2D eigenvalue weighted by atomic mass is 16.4. The molecule has 4 heterocycles. The topological polar surface area (TPSA) is 75.7 Å². The van der Waals surface area contributed by atoms with Gasteiger partial charge in [0.15, 0.2) is 5.65 Å². The van der Waals surface area contributed by atoms with Gasteiger partial charge in [-0.3, -0.25) is 4.98 Å². The van der Waals surface area contributed by atoms with E-state index in [0.717, 1.165) is 36.4 Å².